The van der Waals surface area contributed by atoms with Crippen molar-refractivity contribution >= 4 is 45.7 Å². The van der Waals surface area contributed by atoms with Crippen LogP contribution in [-0.2, 0) is 11.2 Å². The number of nitrogens with one attached hydrogen (secondary N) is 1. The third-order valence-electron chi connectivity index (χ3n) is 1.82. The summed E-state index contributed by atoms with van der Waals surface area (Å²) in [6.07, 6.45) is 0. The van der Waals surface area contributed by atoms with Gasteiger partial charge in [-0.25, -0.2) is 4.21 Å². The van der Waals surface area contributed by atoms with Gasteiger partial charge in [-0.15, -0.1) is 0 Å². The number of hydrogen-bond donors (Lipinski definition) is 1. The zero-order valence-electron chi connectivity index (χ0n) is 8.67. The highest BCUT2D eigenvalue weighted by Gasteiger charge is 2.23. The van der Waals surface area contributed by atoms with Crippen LogP contribution in [0.2, 0.25) is 10.0 Å². The molecular weight excluding hydrogens is 255 g/mol. The van der Waals surface area contributed by atoms with Gasteiger partial charge in [0.1, 0.15) is 0 Å². The van der Waals surface area contributed by atoms with Crippen LogP contribution in [-0.4, -0.2) is 11.3 Å². The van der Waals surface area contributed by atoms with Gasteiger partial charge < -0.3 is 0 Å². The zero-order valence-corrected chi connectivity index (χ0v) is 11.0. The summed E-state index contributed by atoms with van der Waals surface area (Å²) in [5, 5.41) is 0.924. The van der Waals surface area contributed by atoms with E-state index in [2.05, 4.69) is 4.72 Å². The first-order valence-electron chi connectivity index (χ1n) is 4.51. The number of fused-ring (bicyclic) bond motifs is 1. The Morgan fingerprint density at radius 1 is 1.27 bits per heavy atom. The summed E-state index contributed by atoms with van der Waals surface area (Å²) in [4.78, 5) is 0. The van der Waals surface area contributed by atoms with E-state index in [9.17, 15) is 4.21 Å². The summed E-state index contributed by atoms with van der Waals surface area (Å²) in [5.41, 5.74) is 1.54. The van der Waals surface area contributed by atoms with Crippen molar-refractivity contribution in [3.8, 4) is 0 Å². The molecule has 1 aromatic rings. The van der Waals surface area contributed by atoms with Gasteiger partial charge in [0.05, 0.1) is 21.4 Å². The Bertz CT molecular complexity index is 398. The first kappa shape index (κ1) is 12.6. The van der Waals surface area contributed by atoms with E-state index in [-0.39, 0.29) is 0 Å². The van der Waals surface area contributed by atoms with Gasteiger partial charge in [-0.3, -0.25) is 9.03 Å². The molecule has 0 spiro atoms. The molecule has 2 rings (SSSR count). The molecule has 0 saturated heterocycles. The van der Waals surface area contributed by atoms with Crippen LogP contribution in [0.4, 0.5) is 11.4 Å². The number of rotatable bonds is 0. The largest absolute Gasteiger partial charge is 0.286 e. The van der Waals surface area contributed by atoms with E-state index in [1.165, 1.54) is 0 Å². The highest BCUT2D eigenvalue weighted by Crippen LogP contribution is 2.38. The molecule has 0 saturated carbocycles. The minimum Gasteiger partial charge on any atom is -0.286 e. The van der Waals surface area contributed by atoms with Crippen LogP contribution in [0.3, 0.4) is 0 Å². The molecule has 0 amide bonds. The van der Waals surface area contributed by atoms with E-state index in [4.69, 9.17) is 23.2 Å². The van der Waals surface area contributed by atoms with Crippen LogP contribution in [0.25, 0.3) is 0 Å². The van der Waals surface area contributed by atoms with E-state index in [0.717, 1.165) is 11.4 Å². The van der Waals surface area contributed by atoms with Crippen LogP contribution in [0.1, 0.15) is 13.8 Å². The standard InChI is InChI=1S/C7H6Cl2N2OS.C2H6/c1-11-7-3-5(9)4(8)2-6(7)10-13(11)12;1-2/h2-3,10H,1H3;1-2H3. The van der Waals surface area contributed by atoms with Crippen molar-refractivity contribution in [2.75, 3.05) is 16.1 Å². The molecule has 1 unspecified atom stereocenters. The Hall–Kier alpha value is -0.450. The number of nitrogens with zero attached hydrogens (tertiary/aromatic N) is 1. The molecular formula is C9H12Cl2N2OS. The van der Waals surface area contributed by atoms with Crippen LogP contribution >= 0.6 is 23.2 Å². The molecule has 1 heterocycles. The summed E-state index contributed by atoms with van der Waals surface area (Å²) in [6, 6.07) is 3.36. The number of hydrogen-bond acceptors (Lipinski definition) is 1. The van der Waals surface area contributed by atoms with E-state index in [1.807, 2.05) is 13.8 Å². The number of benzene rings is 1. The number of anilines is 2. The monoisotopic (exact) mass is 266 g/mol. The Kier molecular flexibility index (Phi) is 4.25. The average molecular weight is 267 g/mol. The van der Waals surface area contributed by atoms with Crippen molar-refractivity contribution < 1.29 is 4.21 Å². The average Bonchev–Trinajstić information content (AvgIpc) is 2.49. The van der Waals surface area contributed by atoms with Crippen molar-refractivity contribution in [2.24, 2.45) is 0 Å². The lowest BCUT2D eigenvalue weighted by Crippen LogP contribution is -2.17. The van der Waals surface area contributed by atoms with Crippen LogP contribution in [0, 0.1) is 0 Å². The Labute approximate surface area is 102 Å². The minimum absolute atomic E-state index is 0.459. The summed E-state index contributed by atoms with van der Waals surface area (Å²) >= 11 is 10.4. The van der Waals surface area contributed by atoms with E-state index >= 15 is 0 Å². The Balaban J connectivity index is 0.000000531. The molecule has 3 nitrogen and oxygen atoms in total. The highest BCUT2D eigenvalue weighted by molar-refractivity contribution is 7.88. The zero-order chi connectivity index (χ0) is 11.6. The summed E-state index contributed by atoms with van der Waals surface area (Å²) in [5.74, 6) is 0. The van der Waals surface area contributed by atoms with E-state index < -0.39 is 11.2 Å². The van der Waals surface area contributed by atoms with Gasteiger partial charge in [-0.1, -0.05) is 37.0 Å². The maximum absolute atomic E-state index is 11.3. The summed E-state index contributed by atoms with van der Waals surface area (Å²) < 4.78 is 15.7. The second-order valence-electron chi connectivity index (χ2n) is 2.63. The van der Waals surface area contributed by atoms with Crippen LogP contribution < -0.4 is 9.03 Å². The molecule has 0 bridgehead atoms. The van der Waals surface area contributed by atoms with Gasteiger partial charge in [-0.2, -0.15) is 0 Å². The van der Waals surface area contributed by atoms with Crippen molar-refractivity contribution in [1.29, 1.82) is 0 Å². The van der Waals surface area contributed by atoms with Gasteiger partial charge in [0.25, 0.3) is 0 Å². The quantitative estimate of drug-likeness (QED) is 0.767. The lowest BCUT2D eigenvalue weighted by atomic mass is 10.3. The SMILES string of the molecule is CC.CN1c2cc(Cl)c(Cl)cc2NS1=O. The van der Waals surface area contributed by atoms with Gasteiger partial charge in [0, 0.05) is 7.05 Å². The summed E-state index contributed by atoms with van der Waals surface area (Å²) in [6.45, 7) is 4.00. The van der Waals surface area contributed by atoms with Crippen molar-refractivity contribution in [1.82, 2.24) is 0 Å². The second-order valence-corrected chi connectivity index (χ2v) is 4.70. The van der Waals surface area contributed by atoms with Crippen molar-refractivity contribution in [3.05, 3.63) is 22.2 Å². The van der Waals surface area contributed by atoms with Gasteiger partial charge >= 0.3 is 0 Å². The predicted octanol–water partition coefficient (Wildman–Crippen LogP) is 3.46. The molecule has 0 aliphatic carbocycles. The fourth-order valence-electron chi connectivity index (χ4n) is 1.13. The second kappa shape index (κ2) is 5.05. The van der Waals surface area contributed by atoms with Crippen LogP contribution in [0.5, 0.6) is 0 Å². The van der Waals surface area contributed by atoms with E-state index in [0.29, 0.717) is 10.0 Å². The molecule has 0 aromatic heterocycles. The first-order chi connectivity index (χ1) is 7.09. The molecule has 15 heavy (non-hydrogen) atoms. The van der Waals surface area contributed by atoms with Crippen molar-refractivity contribution in [3.63, 3.8) is 0 Å². The predicted molar refractivity (Wildman–Crippen MR) is 68.0 cm³/mol. The van der Waals surface area contributed by atoms with E-state index in [1.54, 1.807) is 23.5 Å². The van der Waals surface area contributed by atoms with Gasteiger partial charge in [0.2, 0.25) is 11.2 Å². The lowest BCUT2D eigenvalue weighted by Gasteiger charge is -2.07. The van der Waals surface area contributed by atoms with Gasteiger partial charge in [0.15, 0.2) is 0 Å². The highest BCUT2D eigenvalue weighted by atomic mass is 35.5. The maximum atomic E-state index is 11.3. The lowest BCUT2D eigenvalue weighted by molar-refractivity contribution is 0.686. The Morgan fingerprint density at radius 3 is 2.40 bits per heavy atom. The molecule has 1 N–H and O–H groups in total. The maximum Gasteiger partial charge on any atom is 0.222 e. The first-order valence-corrected chi connectivity index (χ1v) is 6.37. The van der Waals surface area contributed by atoms with Crippen LogP contribution in [0.15, 0.2) is 12.1 Å². The normalized spacial score (nSPS) is 17.7. The fraction of sp³-hybridized carbons (Fsp3) is 0.333. The molecule has 1 aliphatic rings. The molecule has 1 aliphatic heterocycles. The number of halogens is 2. The molecule has 1 atom stereocenters. The Morgan fingerprint density at radius 2 is 1.80 bits per heavy atom. The molecule has 6 heteroatoms. The third kappa shape index (κ3) is 2.38. The smallest absolute Gasteiger partial charge is 0.222 e. The fourth-order valence-corrected chi connectivity index (χ4v) is 2.27. The molecule has 0 radical (unpaired) electrons. The molecule has 1 aromatic carbocycles. The van der Waals surface area contributed by atoms with Gasteiger partial charge in [-0.05, 0) is 12.1 Å². The van der Waals surface area contributed by atoms with Crippen molar-refractivity contribution in [2.45, 2.75) is 13.8 Å². The molecule has 84 valence electrons. The topological polar surface area (TPSA) is 32.3 Å². The minimum atomic E-state index is -1.21. The summed E-state index contributed by atoms with van der Waals surface area (Å²) in [7, 11) is 1.72. The molecule has 0 fully saturated rings. The third-order valence-corrected chi connectivity index (χ3v) is 3.63.